The van der Waals surface area contributed by atoms with Gasteiger partial charge in [-0.3, -0.25) is 4.99 Å². The highest BCUT2D eigenvalue weighted by atomic mass is 35.5. The Bertz CT molecular complexity index is 524. The van der Waals surface area contributed by atoms with E-state index in [0.717, 1.165) is 37.7 Å². The Hall–Kier alpha value is -1.66. The normalized spacial score (nSPS) is 11.3. The van der Waals surface area contributed by atoms with Crippen LogP contribution in [0, 0.1) is 0 Å². The van der Waals surface area contributed by atoms with Crippen molar-refractivity contribution in [2.75, 3.05) is 40.5 Å². The number of nitrogens with zero attached hydrogens (tertiary/aromatic N) is 1. The van der Waals surface area contributed by atoms with Gasteiger partial charge in [-0.25, -0.2) is 0 Å². The molecule has 0 bridgehead atoms. The number of rotatable bonds is 10. The van der Waals surface area contributed by atoms with E-state index in [1.807, 2.05) is 26.0 Å². The fourth-order valence-corrected chi connectivity index (χ4v) is 2.38. The molecule has 0 saturated carbocycles. The maximum atomic E-state index is 6.28. The Morgan fingerprint density at radius 2 is 2.00 bits per heavy atom. The topological polar surface area (TPSA) is 64.1 Å². The van der Waals surface area contributed by atoms with Crippen molar-refractivity contribution < 1.29 is 14.2 Å². The number of halogens is 1. The van der Waals surface area contributed by atoms with E-state index in [1.54, 1.807) is 14.2 Å². The largest absolute Gasteiger partial charge is 0.493 e. The number of hydrogen-bond donors (Lipinski definition) is 2. The third kappa shape index (κ3) is 6.84. The van der Waals surface area contributed by atoms with Gasteiger partial charge in [0.15, 0.2) is 17.5 Å². The molecule has 1 aromatic carbocycles. The number of nitrogens with one attached hydrogen (secondary N) is 2. The van der Waals surface area contributed by atoms with E-state index in [4.69, 9.17) is 25.8 Å². The first-order valence-electron chi connectivity index (χ1n) is 8.17. The summed E-state index contributed by atoms with van der Waals surface area (Å²) in [6.45, 7) is 7.29. The number of benzene rings is 1. The van der Waals surface area contributed by atoms with Gasteiger partial charge < -0.3 is 24.8 Å². The van der Waals surface area contributed by atoms with Crippen LogP contribution in [0.5, 0.6) is 11.5 Å². The standard InChI is InChI=1S/C17H28ClN3O3/c1-5-23-9-7-8-20-17(19-3)21-12-13-10-14(18)16(24-6-2)15(11-13)22-4/h10-11H,5-9,12H2,1-4H3,(H2,19,20,21). The lowest BCUT2D eigenvalue weighted by molar-refractivity contribution is 0.145. The SMILES string of the molecule is CCOCCCNC(=NC)NCc1cc(Cl)c(OCC)c(OC)c1. The predicted octanol–water partition coefficient (Wildman–Crippen LogP) is 2.84. The summed E-state index contributed by atoms with van der Waals surface area (Å²) in [5, 5.41) is 7.03. The molecule has 2 N–H and O–H groups in total. The van der Waals surface area contributed by atoms with Crippen molar-refractivity contribution in [1.82, 2.24) is 10.6 Å². The number of hydrogen-bond acceptors (Lipinski definition) is 4. The van der Waals surface area contributed by atoms with Crippen molar-refractivity contribution >= 4 is 17.6 Å². The lowest BCUT2D eigenvalue weighted by atomic mass is 10.2. The third-order valence-corrected chi connectivity index (χ3v) is 3.50. The van der Waals surface area contributed by atoms with E-state index in [1.165, 1.54) is 0 Å². The first kappa shape index (κ1) is 20.4. The molecule has 0 radical (unpaired) electrons. The number of methoxy groups -OCH3 is 1. The second-order valence-electron chi connectivity index (χ2n) is 4.95. The van der Waals surface area contributed by atoms with Gasteiger partial charge in [-0.15, -0.1) is 0 Å². The molecule has 0 saturated heterocycles. The molecule has 0 spiro atoms. The monoisotopic (exact) mass is 357 g/mol. The van der Waals surface area contributed by atoms with Gasteiger partial charge in [0.2, 0.25) is 0 Å². The Labute approximate surface area is 149 Å². The molecular weight excluding hydrogens is 330 g/mol. The van der Waals surface area contributed by atoms with Gasteiger partial charge in [0.05, 0.1) is 18.7 Å². The van der Waals surface area contributed by atoms with Crippen molar-refractivity contribution in [3.05, 3.63) is 22.7 Å². The summed E-state index contributed by atoms with van der Waals surface area (Å²) >= 11 is 6.28. The second-order valence-corrected chi connectivity index (χ2v) is 5.35. The minimum atomic E-state index is 0.534. The second kappa shape index (κ2) is 11.8. The van der Waals surface area contributed by atoms with Crippen molar-refractivity contribution in [1.29, 1.82) is 0 Å². The highest BCUT2D eigenvalue weighted by molar-refractivity contribution is 6.32. The van der Waals surface area contributed by atoms with Crippen LogP contribution in [-0.4, -0.2) is 46.5 Å². The predicted molar refractivity (Wildman–Crippen MR) is 98.5 cm³/mol. The van der Waals surface area contributed by atoms with Gasteiger partial charge in [0.1, 0.15) is 0 Å². The van der Waals surface area contributed by atoms with Crippen molar-refractivity contribution in [3.8, 4) is 11.5 Å². The fourth-order valence-electron chi connectivity index (χ4n) is 2.09. The lowest BCUT2D eigenvalue weighted by Gasteiger charge is -2.15. The summed E-state index contributed by atoms with van der Waals surface area (Å²) in [4.78, 5) is 4.20. The molecule has 0 aliphatic heterocycles. The maximum Gasteiger partial charge on any atom is 0.191 e. The van der Waals surface area contributed by atoms with Crippen LogP contribution < -0.4 is 20.1 Å². The summed E-state index contributed by atoms with van der Waals surface area (Å²) in [5.74, 6) is 1.93. The van der Waals surface area contributed by atoms with Gasteiger partial charge >= 0.3 is 0 Å². The molecule has 0 heterocycles. The molecule has 1 aromatic rings. The Morgan fingerprint density at radius 3 is 2.62 bits per heavy atom. The van der Waals surface area contributed by atoms with Crippen LogP contribution in [0.15, 0.2) is 17.1 Å². The van der Waals surface area contributed by atoms with E-state index >= 15 is 0 Å². The molecular formula is C17H28ClN3O3. The summed E-state index contributed by atoms with van der Waals surface area (Å²) in [6.07, 6.45) is 0.928. The summed E-state index contributed by atoms with van der Waals surface area (Å²) < 4.78 is 16.2. The molecule has 0 atom stereocenters. The fraction of sp³-hybridized carbons (Fsp3) is 0.588. The summed E-state index contributed by atoms with van der Waals surface area (Å²) in [5.41, 5.74) is 0.984. The smallest absolute Gasteiger partial charge is 0.191 e. The zero-order chi connectivity index (χ0) is 17.8. The third-order valence-electron chi connectivity index (χ3n) is 3.22. The van der Waals surface area contributed by atoms with Gasteiger partial charge in [0.25, 0.3) is 0 Å². The number of aliphatic imine (C=N–C) groups is 1. The number of ether oxygens (including phenoxy) is 3. The molecule has 0 amide bonds. The molecule has 1 rings (SSSR count). The average Bonchev–Trinajstić information content (AvgIpc) is 2.59. The van der Waals surface area contributed by atoms with Crippen molar-refractivity contribution in [3.63, 3.8) is 0 Å². The quantitative estimate of drug-likeness (QED) is 0.383. The van der Waals surface area contributed by atoms with Gasteiger partial charge in [-0.2, -0.15) is 0 Å². The van der Waals surface area contributed by atoms with Gasteiger partial charge in [0, 0.05) is 33.4 Å². The van der Waals surface area contributed by atoms with E-state index in [-0.39, 0.29) is 0 Å². The average molecular weight is 358 g/mol. The van der Waals surface area contributed by atoms with Crippen LogP contribution in [0.2, 0.25) is 5.02 Å². The first-order valence-corrected chi connectivity index (χ1v) is 8.55. The van der Waals surface area contributed by atoms with Gasteiger partial charge in [-0.1, -0.05) is 11.6 Å². The van der Waals surface area contributed by atoms with Crippen LogP contribution in [-0.2, 0) is 11.3 Å². The van der Waals surface area contributed by atoms with Crippen LogP contribution in [0.25, 0.3) is 0 Å². The summed E-state index contributed by atoms with van der Waals surface area (Å²) in [7, 11) is 3.34. The highest BCUT2D eigenvalue weighted by Gasteiger charge is 2.11. The van der Waals surface area contributed by atoms with E-state index in [9.17, 15) is 0 Å². The van der Waals surface area contributed by atoms with E-state index < -0.39 is 0 Å². The maximum absolute atomic E-state index is 6.28. The van der Waals surface area contributed by atoms with Crippen LogP contribution in [0.4, 0.5) is 0 Å². The minimum Gasteiger partial charge on any atom is -0.493 e. The summed E-state index contributed by atoms with van der Waals surface area (Å²) in [6, 6.07) is 3.77. The molecule has 24 heavy (non-hydrogen) atoms. The number of guanidine groups is 1. The Kier molecular flexibility index (Phi) is 10.0. The molecule has 0 aliphatic carbocycles. The minimum absolute atomic E-state index is 0.534. The molecule has 6 nitrogen and oxygen atoms in total. The van der Waals surface area contributed by atoms with Crippen molar-refractivity contribution in [2.24, 2.45) is 4.99 Å². The Morgan fingerprint density at radius 1 is 1.21 bits per heavy atom. The van der Waals surface area contributed by atoms with Gasteiger partial charge in [-0.05, 0) is 38.0 Å². The molecule has 0 aromatic heterocycles. The van der Waals surface area contributed by atoms with Crippen molar-refractivity contribution in [2.45, 2.75) is 26.8 Å². The first-order chi connectivity index (χ1) is 11.7. The molecule has 0 aliphatic rings. The zero-order valence-corrected chi connectivity index (χ0v) is 15.7. The van der Waals surface area contributed by atoms with E-state index in [2.05, 4.69) is 15.6 Å². The molecule has 0 unspecified atom stereocenters. The molecule has 136 valence electrons. The molecule has 0 fully saturated rings. The van der Waals surface area contributed by atoms with Crippen LogP contribution in [0.1, 0.15) is 25.8 Å². The van der Waals surface area contributed by atoms with E-state index in [0.29, 0.717) is 29.7 Å². The molecule has 7 heteroatoms. The highest BCUT2D eigenvalue weighted by Crippen LogP contribution is 2.36. The van der Waals surface area contributed by atoms with Crippen LogP contribution >= 0.6 is 11.6 Å². The van der Waals surface area contributed by atoms with Crippen LogP contribution in [0.3, 0.4) is 0 Å². The zero-order valence-electron chi connectivity index (χ0n) is 14.9. The lowest BCUT2D eigenvalue weighted by Crippen LogP contribution is -2.37. The Balaban J connectivity index is 2.57.